The van der Waals surface area contributed by atoms with Gasteiger partial charge in [-0.25, -0.2) is 4.98 Å². The van der Waals surface area contributed by atoms with E-state index in [2.05, 4.69) is 44.1 Å². The van der Waals surface area contributed by atoms with Crippen molar-refractivity contribution < 1.29 is 14.3 Å². The van der Waals surface area contributed by atoms with E-state index in [1.807, 2.05) is 18.0 Å². The van der Waals surface area contributed by atoms with E-state index in [-0.39, 0.29) is 5.91 Å². The second kappa shape index (κ2) is 10.8. The van der Waals surface area contributed by atoms with Gasteiger partial charge >= 0.3 is 0 Å². The third-order valence-electron chi connectivity index (χ3n) is 8.30. The summed E-state index contributed by atoms with van der Waals surface area (Å²) in [5.74, 6) is 7.39. The number of ether oxygens (including phenoxy) is 2. The maximum absolute atomic E-state index is 12.1. The number of anilines is 3. The van der Waals surface area contributed by atoms with Crippen LogP contribution in [0.25, 0.3) is 0 Å². The molecule has 1 atom stereocenters. The lowest BCUT2D eigenvalue weighted by Crippen LogP contribution is -2.45. The molecule has 0 saturated carbocycles. The molecule has 200 valence electrons. The van der Waals surface area contributed by atoms with Crippen LogP contribution in [0.2, 0.25) is 0 Å². The van der Waals surface area contributed by atoms with Gasteiger partial charge in [-0.2, -0.15) is 0 Å². The molecule has 0 aliphatic carbocycles. The zero-order chi connectivity index (χ0) is 26.1. The highest BCUT2D eigenvalue weighted by molar-refractivity contribution is 5.93. The van der Waals surface area contributed by atoms with Crippen LogP contribution >= 0.6 is 0 Å². The summed E-state index contributed by atoms with van der Waals surface area (Å²) in [6.07, 6.45) is 4.97. The monoisotopic (exact) mass is 516 g/mol. The van der Waals surface area contributed by atoms with Crippen LogP contribution < -0.4 is 15.0 Å². The minimum Gasteiger partial charge on any atom is -0.485 e. The number of pyridine rings is 2. The Labute approximate surface area is 224 Å². The minimum atomic E-state index is -0.0438. The molecule has 0 aromatic carbocycles. The number of carbonyl (C=O) groups is 1. The summed E-state index contributed by atoms with van der Waals surface area (Å²) in [5.41, 5.74) is 5.20. The number of morpholine rings is 1. The van der Waals surface area contributed by atoms with Gasteiger partial charge < -0.3 is 24.6 Å². The number of rotatable bonds is 3. The first-order chi connectivity index (χ1) is 18.6. The van der Waals surface area contributed by atoms with Crippen LogP contribution in [0.5, 0.6) is 5.75 Å². The molecule has 0 radical (unpaired) electrons. The summed E-state index contributed by atoms with van der Waals surface area (Å²) in [7, 11) is 0. The number of nitrogens with zero attached hydrogens (tertiary/aromatic N) is 5. The van der Waals surface area contributed by atoms with Crippen molar-refractivity contribution >= 4 is 23.1 Å². The highest BCUT2D eigenvalue weighted by atomic mass is 16.5. The first-order valence-corrected chi connectivity index (χ1v) is 13.8. The minimum absolute atomic E-state index is 0.0438. The van der Waals surface area contributed by atoms with Gasteiger partial charge in [-0.3, -0.25) is 14.7 Å². The Morgan fingerprint density at radius 2 is 1.95 bits per heavy atom. The van der Waals surface area contributed by atoms with E-state index >= 15 is 0 Å². The number of fused-ring (bicyclic) bond motifs is 2. The molecule has 3 fully saturated rings. The number of aromatic nitrogens is 2. The predicted octanol–water partition coefficient (Wildman–Crippen LogP) is 3.06. The molecule has 1 amide bonds. The topological polar surface area (TPSA) is 83.1 Å². The third-order valence-corrected chi connectivity index (χ3v) is 8.30. The van der Waals surface area contributed by atoms with Crippen LogP contribution in [0, 0.1) is 18.8 Å². The maximum Gasteiger partial charge on any atom is 0.298 e. The van der Waals surface area contributed by atoms with Crippen molar-refractivity contribution in [2.45, 2.75) is 51.7 Å². The highest BCUT2D eigenvalue weighted by Gasteiger charge is 2.33. The van der Waals surface area contributed by atoms with Gasteiger partial charge in [-0.15, -0.1) is 0 Å². The molecule has 6 heterocycles. The molecule has 1 unspecified atom stereocenters. The molecule has 3 saturated heterocycles. The van der Waals surface area contributed by atoms with Crippen LogP contribution in [0.3, 0.4) is 0 Å². The normalized spacial score (nSPS) is 21.9. The summed E-state index contributed by atoms with van der Waals surface area (Å²) >= 11 is 0. The summed E-state index contributed by atoms with van der Waals surface area (Å²) in [6, 6.07) is 4.75. The van der Waals surface area contributed by atoms with E-state index in [0.717, 1.165) is 112 Å². The van der Waals surface area contributed by atoms with Crippen molar-refractivity contribution in [2.24, 2.45) is 0 Å². The average Bonchev–Trinajstić information content (AvgIpc) is 3.36. The largest absolute Gasteiger partial charge is 0.485 e. The van der Waals surface area contributed by atoms with Gasteiger partial charge in [-0.1, -0.05) is 5.92 Å². The molecule has 1 N–H and O–H groups in total. The molecule has 0 spiro atoms. The van der Waals surface area contributed by atoms with Crippen molar-refractivity contribution in [1.82, 2.24) is 19.8 Å². The van der Waals surface area contributed by atoms with E-state index in [1.165, 1.54) is 0 Å². The molecule has 38 heavy (non-hydrogen) atoms. The number of carbonyl (C=O) groups excluding carboxylic acids is 1. The van der Waals surface area contributed by atoms with Crippen LogP contribution in [0.4, 0.5) is 17.2 Å². The van der Waals surface area contributed by atoms with Gasteiger partial charge in [0.25, 0.3) is 5.91 Å². The molecule has 9 nitrogen and oxygen atoms in total. The number of nitrogens with one attached hydrogen (secondary N) is 1. The van der Waals surface area contributed by atoms with Crippen molar-refractivity contribution in [1.29, 1.82) is 0 Å². The second-order valence-electron chi connectivity index (χ2n) is 10.6. The second-order valence-corrected chi connectivity index (χ2v) is 10.6. The fourth-order valence-corrected chi connectivity index (χ4v) is 6.25. The first-order valence-electron chi connectivity index (χ1n) is 13.8. The average molecular weight is 517 g/mol. The molecule has 4 aliphatic rings. The molecule has 2 aromatic heterocycles. The molecule has 6 rings (SSSR count). The molecule has 0 bridgehead atoms. The quantitative estimate of drug-likeness (QED) is 0.624. The van der Waals surface area contributed by atoms with E-state index in [1.54, 1.807) is 6.92 Å². The highest BCUT2D eigenvalue weighted by Crippen LogP contribution is 2.40. The first kappa shape index (κ1) is 25.0. The number of amides is 1. The van der Waals surface area contributed by atoms with E-state index < -0.39 is 0 Å². The summed E-state index contributed by atoms with van der Waals surface area (Å²) in [4.78, 5) is 28.6. The number of hydrogen-bond donors (Lipinski definition) is 1. The summed E-state index contributed by atoms with van der Waals surface area (Å²) < 4.78 is 11.9. The van der Waals surface area contributed by atoms with Crippen molar-refractivity contribution in [3.05, 3.63) is 35.3 Å². The molecule has 9 heteroatoms. The van der Waals surface area contributed by atoms with E-state index in [4.69, 9.17) is 14.5 Å². The van der Waals surface area contributed by atoms with Gasteiger partial charge in [0.1, 0.15) is 12.4 Å². The number of piperidine rings is 1. The Morgan fingerprint density at radius 3 is 2.74 bits per heavy atom. The van der Waals surface area contributed by atoms with Crippen LogP contribution in [-0.4, -0.2) is 84.2 Å². The SMILES string of the molecule is CC#CC(=O)N1CCC(N2CCC(c3cc4c(c(C)n3)OCc3c(N5CCOCC5)ccnc3N4)C2)CC1. The number of hydrogen-bond acceptors (Lipinski definition) is 8. The fraction of sp³-hybridized carbons (Fsp3) is 0.552. The summed E-state index contributed by atoms with van der Waals surface area (Å²) in [6.45, 7) is 11.1. The van der Waals surface area contributed by atoms with Crippen LogP contribution in [0.15, 0.2) is 18.3 Å². The fourth-order valence-electron chi connectivity index (χ4n) is 6.25. The van der Waals surface area contributed by atoms with Gasteiger partial charge in [0.15, 0.2) is 5.75 Å². The van der Waals surface area contributed by atoms with Gasteiger partial charge in [0, 0.05) is 62.3 Å². The third kappa shape index (κ3) is 4.91. The van der Waals surface area contributed by atoms with Gasteiger partial charge in [0.2, 0.25) is 0 Å². The lowest BCUT2D eigenvalue weighted by atomic mass is 10.0. The zero-order valence-electron chi connectivity index (χ0n) is 22.3. The van der Waals surface area contributed by atoms with Crippen LogP contribution in [-0.2, 0) is 16.1 Å². The summed E-state index contributed by atoms with van der Waals surface area (Å²) in [5, 5.41) is 3.59. The van der Waals surface area contributed by atoms with Crippen molar-refractivity contribution in [2.75, 3.05) is 62.7 Å². The standard InChI is InChI=1S/C29H36N6O3/c1-3-4-27(36)34-11-7-22(8-12-34)35-10-6-21(18-35)24-17-25-28(20(2)31-24)38-19-23-26(5-9-30-29(23)32-25)33-13-15-37-16-14-33/h5,9,17,21-22H,6-8,10-16,18-19H2,1-2H3,(H,30,32). The zero-order valence-corrected chi connectivity index (χ0v) is 22.3. The Balaban J connectivity index is 1.16. The van der Waals surface area contributed by atoms with E-state index in [0.29, 0.717) is 18.6 Å². The Morgan fingerprint density at radius 1 is 1.13 bits per heavy atom. The van der Waals surface area contributed by atoms with Crippen LogP contribution in [0.1, 0.15) is 49.1 Å². The van der Waals surface area contributed by atoms with E-state index in [9.17, 15) is 4.79 Å². The van der Waals surface area contributed by atoms with Gasteiger partial charge in [0.05, 0.1) is 30.2 Å². The number of aryl methyl sites for hydroxylation is 1. The smallest absolute Gasteiger partial charge is 0.298 e. The molecular formula is C29H36N6O3. The maximum atomic E-state index is 12.1. The lowest BCUT2D eigenvalue weighted by molar-refractivity contribution is -0.126. The Bertz CT molecular complexity index is 1260. The Hall–Kier alpha value is -3.35. The van der Waals surface area contributed by atoms with Crippen molar-refractivity contribution in [3.8, 4) is 17.6 Å². The molecule has 4 aliphatic heterocycles. The number of likely N-dealkylation sites (tertiary alicyclic amines) is 2. The van der Waals surface area contributed by atoms with Gasteiger partial charge in [-0.05, 0) is 57.7 Å². The van der Waals surface area contributed by atoms with Crippen molar-refractivity contribution in [3.63, 3.8) is 0 Å². The molecular weight excluding hydrogens is 480 g/mol. The Kier molecular flexibility index (Phi) is 7.09. The predicted molar refractivity (Wildman–Crippen MR) is 146 cm³/mol. The molecule has 2 aromatic rings. The lowest BCUT2D eigenvalue weighted by Gasteiger charge is -2.36.